The highest BCUT2D eigenvalue weighted by Crippen LogP contribution is 2.07. The van der Waals surface area contributed by atoms with Crippen LogP contribution in [0.4, 0.5) is 0 Å². The molecule has 2 rings (SSSR count). The van der Waals surface area contributed by atoms with Gasteiger partial charge in [0.1, 0.15) is 31.3 Å². The first-order valence-electron chi connectivity index (χ1n) is 7.54. The molecule has 0 atom stereocenters. The second kappa shape index (κ2) is 8.47. The van der Waals surface area contributed by atoms with E-state index in [1.54, 1.807) is 0 Å². The third-order valence-electron chi connectivity index (χ3n) is 3.19. The van der Waals surface area contributed by atoms with Crippen molar-refractivity contribution in [3.05, 3.63) is 49.1 Å². The van der Waals surface area contributed by atoms with Crippen molar-refractivity contribution < 1.29 is 14.0 Å². The summed E-state index contributed by atoms with van der Waals surface area (Å²) in [7, 11) is 0. The fourth-order valence-electron chi connectivity index (χ4n) is 1.92. The summed E-state index contributed by atoms with van der Waals surface area (Å²) in [5.41, 5.74) is 0. The number of aromatic nitrogens is 2. The molecule has 0 amide bonds. The molecule has 4 nitrogen and oxygen atoms in total. The number of hydrogen-bond donors (Lipinski definition) is 0. The van der Waals surface area contributed by atoms with Gasteiger partial charge in [-0.2, -0.15) is 0 Å². The van der Waals surface area contributed by atoms with Gasteiger partial charge in [-0.1, -0.05) is 32.0 Å². The predicted octanol–water partition coefficient (Wildman–Crippen LogP) is 2.87. The monoisotopic (exact) mass is 289 g/mol. The summed E-state index contributed by atoms with van der Waals surface area (Å²) in [6.07, 6.45) is 7.22. The van der Waals surface area contributed by atoms with Gasteiger partial charge < -0.3 is 9.47 Å². The molecule has 0 aliphatic rings. The van der Waals surface area contributed by atoms with Crippen molar-refractivity contribution in [2.45, 2.75) is 33.5 Å². The molecule has 2 aromatic rings. The first-order valence-corrected chi connectivity index (χ1v) is 7.54. The normalized spacial score (nSPS) is 11.0. The zero-order valence-electron chi connectivity index (χ0n) is 12.9. The van der Waals surface area contributed by atoms with Gasteiger partial charge in [0.15, 0.2) is 6.73 Å². The smallest absolute Gasteiger partial charge is 0.245 e. The van der Waals surface area contributed by atoms with Crippen LogP contribution in [0.15, 0.2) is 49.1 Å². The number of para-hydroxylation sites is 1. The lowest BCUT2D eigenvalue weighted by Crippen LogP contribution is -2.33. The Balaban J connectivity index is 1.66. The molecule has 4 heteroatoms. The Hall–Kier alpha value is -1.81. The molecule has 1 heterocycles. The minimum absolute atomic E-state index is 0.610. The van der Waals surface area contributed by atoms with Gasteiger partial charge in [-0.3, -0.25) is 0 Å². The molecule has 0 spiro atoms. The SMILES string of the molecule is CC(C)CCOC[n+]1ccn(CCOc2ccccc2)c1. The van der Waals surface area contributed by atoms with Crippen molar-refractivity contribution in [3.8, 4) is 5.75 Å². The maximum atomic E-state index is 5.68. The number of ether oxygens (including phenoxy) is 2. The van der Waals surface area contributed by atoms with Crippen LogP contribution in [0.2, 0.25) is 0 Å². The molecule has 0 aliphatic heterocycles. The molecule has 0 unspecified atom stereocenters. The van der Waals surface area contributed by atoms with E-state index in [1.165, 1.54) is 0 Å². The van der Waals surface area contributed by atoms with Crippen LogP contribution in [0.1, 0.15) is 20.3 Å². The van der Waals surface area contributed by atoms with Crippen LogP contribution in [-0.4, -0.2) is 17.8 Å². The van der Waals surface area contributed by atoms with Crippen LogP contribution in [0.5, 0.6) is 5.75 Å². The average molecular weight is 289 g/mol. The van der Waals surface area contributed by atoms with Gasteiger partial charge in [0, 0.05) is 0 Å². The maximum absolute atomic E-state index is 5.68. The Kier molecular flexibility index (Phi) is 6.28. The van der Waals surface area contributed by atoms with E-state index >= 15 is 0 Å². The zero-order chi connectivity index (χ0) is 14.9. The second-order valence-electron chi connectivity index (χ2n) is 5.55. The van der Waals surface area contributed by atoms with Crippen molar-refractivity contribution in [2.75, 3.05) is 13.2 Å². The predicted molar refractivity (Wildman–Crippen MR) is 82.0 cm³/mol. The number of benzene rings is 1. The molecular weight excluding hydrogens is 264 g/mol. The van der Waals surface area contributed by atoms with Gasteiger partial charge in [-0.25, -0.2) is 9.13 Å². The van der Waals surface area contributed by atoms with E-state index in [0.717, 1.165) is 25.3 Å². The quantitative estimate of drug-likeness (QED) is 0.524. The topological polar surface area (TPSA) is 27.3 Å². The highest BCUT2D eigenvalue weighted by atomic mass is 16.5. The maximum Gasteiger partial charge on any atom is 0.245 e. The fraction of sp³-hybridized carbons (Fsp3) is 0.471. The number of nitrogens with zero attached hydrogens (tertiary/aromatic N) is 2. The Morgan fingerprint density at radius 1 is 1.14 bits per heavy atom. The van der Waals surface area contributed by atoms with Gasteiger partial charge in [0.05, 0.1) is 6.61 Å². The summed E-state index contributed by atoms with van der Waals surface area (Å²) >= 11 is 0. The summed E-state index contributed by atoms with van der Waals surface area (Å²) in [5.74, 6) is 1.60. The van der Waals surface area contributed by atoms with Crippen LogP contribution in [0, 0.1) is 5.92 Å². The summed E-state index contributed by atoms with van der Waals surface area (Å²) < 4.78 is 15.5. The molecule has 0 saturated heterocycles. The van der Waals surface area contributed by atoms with E-state index in [9.17, 15) is 0 Å². The molecule has 0 fully saturated rings. The van der Waals surface area contributed by atoms with Gasteiger partial charge in [-0.15, -0.1) is 0 Å². The molecule has 0 aliphatic carbocycles. The minimum Gasteiger partial charge on any atom is -0.489 e. The molecule has 1 aromatic carbocycles. The summed E-state index contributed by atoms with van der Waals surface area (Å²) in [4.78, 5) is 0. The lowest BCUT2D eigenvalue weighted by atomic mass is 10.1. The van der Waals surface area contributed by atoms with Crippen LogP contribution in [0.25, 0.3) is 0 Å². The second-order valence-corrected chi connectivity index (χ2v) is 5.55. The zero-order valence-corrected chi connectivity index (χ0v) is 12.9. The van der Waals surface area contributed by atoms with Crippen molar-refractivity contribution in [3.63, 3.8) is 0 Å². The molecule has 0 saturated carbocycles. The number of imidazole rings is 1. The first kappa shape index (κ1) is 15.6. The van der Waals surface area contributed by atoms with E-state index in [0.29, 0.717) is 19.3 Å². The van der Waals surface area contributed by atoms with Crippen molar-refractivity contribution in [1.82, 2.24) is 4.57 Å². The molecule has 0 N–H and O–H groups in total. The van der Waals surface area contributed by atoms with Gasteiger partial charge in [-0.05, 0) is 24.5 Å². The van der Waals surface area contributed by atoms with Crippen molar-refractivity contribution in [1.29, 1.82) is 0 Å². The lowest BCUT2D eigenvalue weighted by molar-refractivity contribution is -0.732. The van der Waals surface area contributed by atoms with Crippen LogP contribution < -0.4 is 9.30 Å². The summed E-state index contributed by atoms with van der Waals surface area (Å²) in [6, 6.07) is 9.89. The van der Waals surface area contributed by atoms with Crippen molar-refractivity contribution in [2.24, 2.45) is 5.92 Å². The van der Waals surface area contributed by atoms with Gasteiger partial charge >= 0.3 is 0 Å². The Labute approximate surface area is 126 Å². The largest absolute Gasteiger partial charge is 0.489 e. The number of hydrogen-bond acceptors (Lipinski definition) is 2. The molecule has 21 heavy (non-hydrogen) atoms. The lowest BCUT2D eigenvalue weighted by Gasteiger charge is -2.04. The molecule has 0 bridgehead atoms. The first-order chi connectivity index (χ1) is 10.2. The van der Waals surface area contributed by atoms with E-state index in [1.807, 2.05) is 53.6 Å². The molecular formula is C17H25N2O2+. The third-order valence-corrected chi connectivity index (χ3v) is 3.19. The van der Waals surface area contributed by atoms with E-state index < -0.39 is 0 Å². The van der Waals surface area contributed by atoms with Crippen LogP contribution in [0.3, 0.4) is 0 Å². The minimum atomic E-state index is 0.610. The highest BCUT2D eigenvalue weighted by Gasteiger charge is 2.04. The summed E-state index contributed by atoms with van der Waals surface area (Å²) in [6.45, 7) is 7.33. The Morgan fingerprint density at radius 2 is 1.95 bits per heavy atom. The average Bonchev–Trinajstić information content (AvgIpc) is 2.92. The van der Waals surface area contributed by atoms with Gasteiger partial charge in [0.25, 0.3) is 0 Å². The molecule has 0 radical (unpaired) electrons. The van der Waals surface area contributed by atoms with E-state index in [-0.39, 0.29) is 0 Å². The van der Waals surface area contributed by atoms with Crippen LogP contribution >= 0.6 is 0 Å². The van der Waals surface area contributed by atoms with Crippen LogP contribution in [-0.2, 0) is 18.0 Å². The fourth-order valence-corrected chi connectivity index (χ4v) is 1.92. The van der Waals surface area contributed by atoms with E-state index in [4.69, 9.17) is 9.47 Å². The third kappa shape index (κ3) is 6.00. The molecule has 114 valence electrons. The summed E-state index contributed by atoms with van der Waals surface area (Å²) in [5, 5.41) is 0. The Morgan fingerprint density at radius 3 is 2.71 bits per heavy atom. The van der Waals surface area contributed by atoms with Crippen molar-refractivity contribution >= 4 is 0 Å². The molecule has 1 aromatic heterocycles. The standard InChI is InChI=1S/C17H25N2O2/c1-16(2)8-12-20-15-19-10-9-18(14-19)11-13-21-17-6-4-3-5-7-17/h3-7,9-10,14,16H,8,11-13,15H2,1-2H3/q+1. The van der Waals surface area contributed by atoms with E-state index in [2.05, 4.69) is 18.4 Å². The Bertz CT molecular complexity index is 509. The highest BCUT2D eigenvalue weighted by molar-refractivity contribution is 5.20. The number of rotatable bonds is 9. The van der Waals surface area contributed by atoms with Gasteiger partial charge in [0.2, 0.25) is 6.33 Å².